The molecule has 0 aliphatic carbocycles. The minimum Gasteiger partial charge on any atom is -0.505 e. The van der Waals surface area contributed by atoms with Gasteiger partial charge in [0.2, 0.25) is 5.82 Å². The number of benzene rings is 2. The Bertz CT molecular complexity index is 753. The molecule has 0 amide bonds. The molecule has 6 heteroatoms. The van der Waals surface area contributed by atoms with Crippen LogP contribution in [0.2, 0.25) is 0 Å². The molecule has 0 atom stereocenters. The zero-order valence-electron chi connectivity index (χ0n) is 10.2. The standard InChI is InChI=1S/C14H10BrN3O2/c15-9-6-4-8(5-7-9)13-17-14(20-18-13)10-2-1-3-11(16)12(10)19/h1-7,19H,16H2. The Labute approximate surface area is 123 Å². The molecular weight excluding hydrogens is 322 g/mol. The summed E-state index contributed by atoms with van der Waals surface area (Å²) in [7, 11) is 0. The van der Waals surface area contributed by atoms with Crippen molar-refractivity contribution in [3.63, 3.8) is 0 Å². The van der Waals surface area contributed by atoms with Crippen molar-refractivity contribution in [2.75, 3.05) is 5.73 Å². The summed E-state index contributed by atoms with van der Waals surface area (Å²) < 4.78 is 6.15. The number of rotatable bonds is 2. The van der Waals surface area contributed by atoms with Crippen molar-refractivity contribution in [2.45, 2.75) is 0 Å². The third-order valence-electron chi connectivity index (χ3n) is 2.83. The van der Waals surface area contributed by atoms with Crippen LogP contribution in [0.3, 0.4) is 0 Å². The molecule has 100 valence electrons. The van der Waals surface area contributed by atoms with E-state index in [2.05, 4.69) is 26.1 Å². The van der Waals surface area contributed by atoms with E-state index in [-0.39, 0.29) is 17.3 Å². The number of anilines is 1. The molecule has 0 aliphatic heterocycles. The fourth-order valence-corrected chi connectivity index (χ4v) is 2.05. The lowest BCUT2D eigenvalue weighted by Gasteiger charge is -2.01. The van der Waals surface area contributed by atoms with Gasteiger partial charge in [-0.1, -0.05) is 27.2 Å². The number of halogens is 1. The van der Waals surface area contributed by atoms with Gasteiger partial charge in [0.25, 0.3) is 5.89 Å². The molecule has 0 saturated carbocycles. The summed E-state index contributed by atoms with van der Waals surface area (Å²) in [5.74, 6) is 0.626. The lowest BCUT2D eigenvalue weighted by molar-refractivity contribution is 0.426. The maximum Gasteiger partial charge on any atom is 0.262 e. The summed E-state index contributed by atoms with van der Waals surface area (Å²) in [5, 5.41) is 13.8. The average Bonchev–Trinajstić information content (AvgIpc) is 2.92. The van der Waals surface area contributed by atoms with E-state index in [9.17, 15) is 5.11 Å². The fraction of sp³-hybridized carbons (Fsp3) is 0. The topological polar surface area (TPSA) is 85.2 Å². The van der Waals surface area contributed by atoms with E-state index >= 15 is 0 Å². The summed E-state index contributed by atoms with van der Waals surface area (Å²) in [4.78, 5) is 4.27. The van der Waals surface area contributed by atoms with Gasteiger partial charge in [0.1, 0.15) is 0 Å². The molecule has 0 saturated heterocycles. The van der Waals surface area contributed by atoms with Gasteiger partial charge >= 0.3 is 0 Å². The number of nitrogen functional groups attached to an aromatic ring is 1. The average molecular weight is 332 g/mol. The van der Waals surface area contributed by atoms with Crippen LogP contribution in [0, 0.1) is 0 Å². The maximum atomic E-state index is 9.91. The van der Waals surface area contributed by atoms with Gasteiger partial charge < -0.3 is 15.4 Å². The Morgan fingerprint density at radius 2 is 1.85 bits per heavy atom. The minimum atomic E-state index is -0.0569. The second-order valence-electron chi connectivity index (χ2n) is 4.17. The third kappa shape index (κ3) is 2.25. The molecule has 3 rings (SSSR count). The molecular formula is C14H10BrN3O2. The van der Waals surface area contributed by atoms with Crippen molar-refractivity contribution in [3.8, 4) is 28.6 Å². The number of aromatic nitrogens is 2. The Kier molecular flexibility index (Phi) is 3.15. The van der Waals surface area contributed by atoms with Crippen LogP contribution in [-0.2, 0) is 0 Å². The fourth-order valence-electron chi connectivity index (χ4n) is 1.78. The molecule has 0 aliphatic rings. The highest BCUT2D eigenvalue weighted by atomic mass is 79.9. The lowest BCUT2D eigenvalue weighted by atomic mass is 10.1. The minimum absolute atomic E-state index is 0.0569. The lowest BCUT2D eigenvalue weighted by Crippen LogP contribution is -1.88. The van der Waals surface area contributed by atoms with E-state index in [1.165, 1.54) is 0 Å². The molecule has 3 aromatic rings. The van der Waals surface area contributed by atoms with Gasteiger partial charge in [0, 0.05) is 10.0 Å². The first kappa shape index (κ1) is 12.7. The predicted octanol–water partition coefficient (Wildman–Crippen LogP) is 3.45. The number of hydrogen-bond acceptors (Lipinski definition) is 5. The van der Waals surface area contributed by atoms with Crippen molar-refractivity contribution in [1.82, 2.24) is 10.1 Å². The number of nitrogens with two attached hydrogens (primary N) is 1. The summed E-state index contributed by atoms with van der Waals surface area (Å²) in [6.45, 7) is 0. The summed E-state index contributed by atoms with van der Waals surface area (Å²) in [6.07, 6.45) is 0. The van der Waals surface area contributed by atoms with Gasteiger partial charge in [-0.05, 0) is 36.4 Å². The smallest absolute Gasteiger partial charge is 0.262 e. The maximum absolute atomic E-state index is 9.91. The Hall–Kier alpha value is -2.34. The van der Waals surface area contributed by atoms with E-state index in [1.807, 2.05) is 24.3 Å². The second-order valence-corrected chi connectivity index (χ2v) is 5.09. The highest BCUT2D eigenvalue weighted by Gasteiger charge is 2.15. The summed E-state index contributed by atoms with van der Waals surface area (Å²) >= 11 is 3.37. The van der Waals surface area contributed by atoms with Crippen LogP contribution >= 0.6 is 15.9 Å². The van der Waals surface area contributed by atoms with Crippen LogP contribution in [0.1, 0.15) is 0 Å². The molecule has 1 heterocycles. The van der Waals surface area contributed by atoms with Gasteiger partial charge in [-0.25, -0.2) is 0 Å². The highest BCUT2D eigenvalue weighted by molar-refractivity contribution is 9.10. The quantitative estimate of drug-likeness (QED) is 0.554. The van der Waals surface area contributed by atoms with Crippen LogP contribution in [0.15, 0.2) is 51.5 Å². The normalized spacial score (nSPS) is 10.7. The van der Waals surface area contributed by atoms with Crippen molar-refractivity contribution in [1.29, 1.82) is 0 Å². The predicted molar refractivity (Wildman–Crippen MR) is 78.9 cm³/mol. The van der Waals surface area contributed by atoms with E-state index in [0.717, 1.165) is 10.0 Å². The van der Waals surface area contributed by atoms with Crippen LogP contribution in [0.25, 0.3) is 22.8 Å². The molecule has 5 nitrogen and oxygen atoms in total. The highest BCUT2D eigenvalue weighted by Crippen LogP contribution is 2.33. The van der Waals surface area contributed by atoms with E-state index in [1.54, 1.807) is 18.2 Å². The molecule has 0 unspecified atom stereocenters. The third-order valence-corrected chi connectivity index (χ3v) is 3.35. The number of para-hydroxylation sites is 1. The number of hydrogen-bond donors (Lipinski definition) is 2. The molecule has 3 N–H and O–H groups in total. The van der Waals surface area contributed by atoms with Crippen molar-refractivity contribution < 1.29 is 9.63 Å². The van der Waals surface area contributed by atoms with Crippen molar-refractivity contribution in [3.05, 3.63) is 46.9 Å². The van der Waals surface area contributed by atoms with E-state index < -0.39 is 0 Å². The molecule has 20 heavy (non-hydrogen) atoms. The summed E-state index contributed by atoms with van der Waals surface area (Å²) in [6, 6.07) is 12.5. The van der Waals surface area contributed by atoms with Crippen LogP contribution < -0.4 is 5.73 Å². The molecule has 0 bridgehead atoms. The molecule has 0 radical (unpaired) electrons. The monoisotopic (exact) mass is 331 g/mol. The Morgan fingerprint density at radius 3 is 2.60 bits per heavy atom. The number of phenols is 1. The number of phenolic OH excluding ortho intramolecular Hbond substituents is 1. The first-order valence-corrected chi connectivity index (χ1v) is 6.62. The van der Waals surface area contributed by atoms with Gasteiger partial charge in [0.15, 0.2) is 5.75 Å². The summed E-state index contributed by atoms with van der Waals surface area (Å²) in [5.41, 5.74) is 7.16. The first-order valence-electron chi connectivity index (χ1n) is 5.82. The number of nitrogens with zero attached hydrogens (tertiary/aromatic N) is 2. The Morgan fingerprint density at radius 1 is 1.10 bits per heavy atom. The largest absolute Gasteiger partial charge is 0.505 e. The van der Waals surface area contributed by atoms with E-state index in [0.29, 0.717) is 11.4 Å². The SMILES string of the molecule is Nc1cccc(-c2nc(-c3ccc(Br)cc3)no2)c1O. The number of aromatic hydroxyl groups is 1. The van der Waals surface area contributed by atoms with Crippen molar-refractivity contribution in [2.24, 2.45) is 0 Å². The zero-order valence-corrected chi connectivity index (χ0v) is 11.8. The van der Waals surface area contributed by atoms with Gasteiger partial charge in [-0.15, -0.1) is 0 Å². The zero-order chi connectivity index (χ0) is 14.1. The van der Waals surface area contributed by atoms with Gasteiger partial charge in [-0.3, -0.25) is 0 Å². The van der Waals surface area contributed by atoms with Crippen molar-refractivity contribution >= 4 is 21.6 Å². The van der Waals surface area contributed by atoms with Crippen LogP contribution in [0.5, 0.6) is 5.75 Å². The van der Waals surface area contributed by atoms with Gasteiger partial charge in [0.05, 0.1) is 11.3 Å². The molecule has 2 aromatic carbocycles. The molecule has 1 aromatic heterocycles. The first-order chi connectivity index (χ1) is 9.65. The second kappa shape index (κ2) is 4.97. The van der Waals surface area contributed by atoms with Crippen LogP contribution in [0.4, 0.5) is 5.69 Å². The molecule has 0 fully saturated rings. The van der Waals surface area contributed by atoms with Gasteiger partial charge in [-0.2, -0.15) is 4.98 Å². The van der Waals surface area contributed by atoms with Crippen LogP contribution in [-0.4, -0.2) is 15.2 Å². The molecule has 0 spiro atoms. The van der Waals surface area contributed by atoms with E-state index in [4.69, 9.17) is 10.3 Å². The Balaban J connectivity index is 2.02.